The highest BCUT2D eigenvalue weighted by Crippen LogP contribution is 2.29. The van der Waals surface area contributed by atoms with Crippen LogP contribution in [-0.4, -0.2) is 90.6 Å². The second-order valence-electron chi connectivity index (χ2n) is 9.70. The number of pyridine rings is 1. The fourth-order valence-electron chi connectivity index (χ4n) is 3.91. The van der Waals surface area contributed by atoms with Crippen LogP contribution in [0, 0.1) is 16.0 Å². The van der Waals surface area contributed by atoms with Gasteiger partial charge >= 0.3 is 24.0 Å². The van der Waals surface area contributed by atoms with Gasteiger partial charge in [-0.3, -0.25) is 0 Å². The van der Waals surface area contributed by atoms with Crippen LogP contribution in [0.1, 0.15) is 34.1 Å². The molecule has 0 radical (unpaired) electrons. The summed E-state index contributed by atoms with van der Waals surface area (Å²) >= 11 is 0. The minimum absolute atomic E-state index is 0.0338. The summed E-state index contributed by atoms with van der Waals surface area (Å²) in [7, 11) is 0. The first-order chi connectivity index (χ1) is 17.5. The zero-order valence-electron chi connectivity index (χ0n) is 21.4. The smallest absolute Gasteiger partial charge is 0.417 e. The van der Waals surface area contributed by atoms with E-state index in [4.69, 9.17) is 18.9 Å². The van der Waals surface area contributed by atoms with Gasteiger partial charge in [-0.25, -0.2) is 19.3 Å². The van der Waals surface area contributed by atoms with Crippen molar-refractivity contribution in [3.05, 3.63) is 22.2 Å². The van der Waals surface area contributed by atoms with E-state index in [9.17, 15) is 24.5 Å². The molecule has 1 aromatic heterocycles. The molecule has 2 unspecified atom stereocenters. The van der Waals surface area contributed by atoms with Crippen LogP contribution in [-0.2, 0) is 19.0 Å². The van der Waals surface area contributed by atoms with Crippen molar-refractivity contribution in [2.75, 3.05) is 50.8 Å². The second-order valence-corrected chi connectivity index (χ2v) is 9.70. The summed E-state index contributed by atoms with van der Waals surface area (Å²) in [6.45, 7) is 9.10. The number of nitro groups is 1. The van der Waals surface area contributed by atoms with E-state index in [0.717, 1.165) is 6.42 Å². The number of aromatic nitrogens is 1. The van der Waals surface area contributed by atoms with E-state index >= 15 is 0 Å². The lowest BCUT2D eigenvalue weighted by atomic mass is 10.1. The van der Waals surface area contributed by atoms with Crippen LogP contribution in [0.15, 0.2) is 12.1 Å². The number of carbonyl (C=O) groups is 3. The summed E-state index contributed by atoms with van der Waals surface area (Å²) in [5, 5.41) is 14.7. The first kappa shape index (κ1) is 27.9. The van der Waals surface area contributed by atoms with Crippen molar-refractivity contribution in [2.24, 2.45) is 5.92 Å². The van der Waals surface area contributed by atoms with E-state index < -0.39 is 41.1 Å². The molecule has 0 aliphatic carbocycles. The first-order valence-corrected chi connectivity index (χ1v) is 12.1. The molecule has 204 valence electrons. The van der Waals surface area contributed by atoms with E-state index in [1.54, 1.807) is 11.8 Å². The van der Waals surface area contributed by atoms with Crippen molar-refractivity contribution in [3.63, 3.8) is 0 Å². The number of cyclic esters (lactones) is 1. The summed E-state index contributed by atoms with van der Waals surface area (Å²) in [4.78, 5) is 53.7. The Hall–Kier alpha value is -3.68. The van der Waals surface area contributed by atoms with Gasteiger partial charge in [0.2, 0.25) is 5.75 Å². The molecule has 2 aliphatic rings. The zero-order chi connectivity index (χ0) is 27.2. The van der Waals surface area contributed by atoms with E-state index in [1.807, 2.05) is 20.8 Å². The normalized spacial score (nSPS) is 19.5. The number of carbonyl (C=O) groups excluding carboxylic acids is 3. The lowest BCUT2D eigenvalue weighted by molar-refractivity contribution is -0.390. The molecule has 0 bridgehead atoms. The highest BCUT2D eigenvalue weighted by molar-refractivity contribution is 5.88. The summed E-state index contributed by atoms with van der Waals surface area (Å²) in [6.07, 6.45) is -0.655. The van der Waals surface area contributed by atoms with Crippen LogP contribution < -0.4 is 15.0 Å². The quantitative estimate of drug-likeness (QED) is 0.207. The minimum atomic E-state index is -0.757. The first-order valence-electron chi connectivity index (χ1n) is 12.1. The predicted molar refractivity (Wildman–Crippen MR) is 129 cm³/mol. The van der Waals surface area contributed by atoms with Gasteiger partial charge < -0.3 is 39.3 Å². The molecule has 2 fully saturated rings. The van der Waals surface area contributed by atoms with Gasteiger partial charge in [-0.1, -0.05) is 0 Å². The lowest BCUT2D eigenvalue weighted by Crippen LogP contribution is -2.37. The summed E-state index contributed by atoms with van der Waals surface area (Å²) < 4.78 is 20.7. The minimum Gasteiger partial charge on any atom is -0.474 e. The number of hydrogen-bond donors (Lipinski definition) is 1. The van der Waals surface area contributed by atoms with Crippen molar-refractivity contribution in [2.45, 2.75) is 45.8 Å². The molecule has 2 aliphatic heterocycles. The van der Waals surface area contributed by atoms with Gasteiger partial charge in [0.1, 0.15) is 11.7 Å². The fourth-order valence-corrected chi connectivity index (χ4v) is 3.91. The van der Waals surface area contributed by atoms with Gasteiger partial charge in [0.25, 0.3) is 5.82 Å². The van der Waals surface area contributed by atoms with Gasteiger partial charge in [0.15, 0.2) is 6.61 Å². The van der Waals surface area contributed by atoms with Gasteiger partial charge in [0, 0.05) is 25.7 Å². The number of nitrogens with zero attached hydrogens (tertiary/aromatic N) is 4. The SMILES string of the molecule is CCOC(=O)COc1ccc(N2CC(CNCC3CCN(C(=O)OC(C)(C)C)C3)OC2=O)nc1[N+](=O)[O-]. The summed E-state index contributed by atoms with van der Waals surface area (Å²) in [5.41, 5.74) is -0.545. The number of esters is 1. The molecule has 3 rings (SSSR count). The summed E-state index contributed by atoms with van der Waals surface area (Å²) in [6, 6.07) is 2.66. The largest absolute Gasteiger partial charge is 0.474 e. The number of ether oxygens (including phenoxy) is 4. The molecular weight excluding hydrogens is 490 g/mol. The Kier molecular flexibility index (Phi) is 9.08. The van der Waals surface area contributed by atoms with E-state index in [0.29, 0.717) is 26.2 Å². The van der Waals surface area contributed by atoms with Crippen LogP contribution in [0.25, 0.3) is 0 Å². The van der Waals surface area contributed by atoms with Crippen LogP contribution in [0.5, 0.6) is 5.75 Å². The van der Waals surface area contributed by atoms with Crippen LogP contribution in [0.4, 0.5) is 21.2 Å². The molecule has 1 aromatic rings. The van der Waals surface area contributed by atoms with E-state index in [-0.39, 0.29) is 36.7 Å². The van der Waals surface area contributed by atoms with Crippen molar-refractivity contribution < 1.29 is 38.3 Å². The topological polar surface area (TPSA) is 163 Å². The Morgan fingerprint density at radius 1 is 1.27 bits per heavy atom. The predicted octanol–water partition coefficient (Wildman–Crippen LogP) is 2.10. The van der Waals surface area contributed by atoms with Crippen molar-refractivity contribution in [1.29, 1.82) is 0 Å². The Labute approximate surface area is 214 Å². The van der Waals surface area contributed by atoms with Crippen LogP contribution in [0.3, 0.4) is 0 Å². The molecule has 14 nitrogen and oxygen atoms in total. The lowest BCUT2D eigenvalue weighted by Gasteiger charge is -2.24. The number of amides is 2. The van der Waals surface area contributed by atoms with Crippen LogP contribution >= 0.6 is 0 Å². The number of hydrogen-bond acceptors (Lipinski definition) is 11. The molecule has 3 heterocycles. The maximum atomic E-state index is 12.4. The Bertz CT molecular complexity index is 1010. The molecule has 0 aromatic carbocycles. The third-order valence-corrected chi connectivity index (χ3v) is 5.54. The molecule has 2 saturated heterocycles. The maximum absolute atomic E-state index is 12.4. The van der Waals surface area contributed by atoms with Gasteiger partial charge in [-0.2, -0.15) is 0 Å². The molecule has 14 heteroatoms. The third-order valence-electron chi connectivity index (χ3n) is 5.54. The Balaban J connectivity index is 1.50. The third kappa shape index (κ3) is 7.90. The Morgan fingerprint density at radius 3 is 2.70 bits per heavy atom. The van der Waals surface area contributed by atoms with Crippen molar-refractivity contribution in [3.8, 4) is 5.75 Å². The maximum Gasteiger partial charge on any atom is 0.417 e. The van der Waals surface area contributed by atoms with Crippen molar-refractivity contribution in [1.82, 2.24) is 15.2 Å². The zero-order valence-corrected chi connectivity index (χ0v) is 21.4. The molecular formula is C23H33N5O9. The second kappa shape index (κ2) is 12.0. The monoisotopic (exact) mass is 523 g/mol. The number of likely N-dealkylation sites (tertiary alicyclic amines) is 1. The number of rotatable bonds is 10. The van der Waals surface area contributed by atoms with E-state index in [2.05, 4.69) is 10.3 Å². The highest BCUT2D eigenvalue weighted by Gasteiger charge is 2.37. The van der Waals surface area contributed by atoms with Gasteiger partial charge in [-0.15, -0.1) is 0 Å². The highest BCUT2D eigenvalue weighted by atomic mass is 16.6. The molecule has 37 heavy (non-hydrogen) atoms. The van der Waals surface area contributed by atoms with Gasteiger partial charge in [-0.05, 0) is 62.6 Å². The standard InChI is InChI=1S/C23H33N5O9/c1-5-34-19(29)14-35-17-6-7-18(25-20(17)28(32)33)27-13-16(36-22(27)31)11-24-10-15-8-9-26(12-15)21(30)37-23(2,3)4/h6-7,15-16,24H,5,8-14H2,1-4H3. The average Bonchev–Trinajstić information content (AvgIpc) is 3.43. The fraction of sp³-hybridized carbons (Fsp3) is 0.652. The molecule has 1 N–H and O–H groups in total. The molecule has 2 atom stereocenters. The van der Waals surface area contributed by atoms with E-state index in [1.165, 1.54) is 17.0 Å². The summed E-state index contributed by atoms with van der Waals surface area (Å²) in [5.74, 6) is -1.25. The Morgan fingerprint density at radius 2 is 2.03 bits per heavy atom. The van der Waals surface area contributed by atoms with Gasteiger partial charge in [0.05, 0.1) is 13.2 Å². The molecule has 0 spiro atoms. The number of anilines is 1. The van der Waals surface area contributed by atoms with Crippen molar-refractivity contribution >= 4 is 29.8 Å². The van der Waals surface area contributed by atoms with Crippen LogP contribution in [0.2, 0.25) is 0 Å². The number of nitrogens with one attached hydrogen (secondary N) is 1. The molecule has 2 amide bonds. The molecule has 0 saturated carbocycles. The average molecular weight is 524 g/mol.